The first kappa shape index (κ1) is 11.3. The van der Waals surface area contributed by atoms with Crippen LogP contribution in [0.4, 0.5) is 5.69 Å². The third-order valence-electron chi connectivity index (χ3n) is 2.88. The second kappa shape index (κ2) is 4.49. The molecule has 3 rings (SSSR count). The Hall–Kier alpha value is -2.76. The van der Waals surface area contributed by atoms with Gasteiger partial charge in [-0.3, -0.25) is 10.1 Å². The van der Waals surface area contributed by atoms with Crippen molar-refractivity contribution in [2.45, 2.75) is 6.54 Å². The lowest BCUT2D eigenvalue weighted by Gasteiger charge is -2.02. The molecule has 19 heavy (non-hydrogen) atoms. The zero-order valence-electron chi connectivity index (χ0n) is 9.93. The van der Waals surface area contributed by atoms with Gasteiger partial charge in [0, 0.05) is 12.1 Å². The number of aromatic nitrogens is 3. The molecular weight excluding hydrogens is 244 g/mol. The molecule has 0 aliphatic carbocycles. The first-order chi connectivity index (χ1) is 9.24. The lowest BCUT2D eigenvalue weighted by Crippen LogP contribution is -2.01. The van der Waals surface area contributed by atoms with Gasteiger partial charge in [-0.1, -0.05) is 35.5 Å². The van der Waals surface area contributed by atoms with Crippen LogP contribution in [0, 0.1) is 10.1 Å². The molecule has 0 saturated heterocycles. The summed E-state index contributed by atoms with van der Waals surface area (Å²) in [5.74, 6) is 0. The highest BCUT2D eigenvalue weighted by molar-refractivity contribution is 5.77. The second-order valence-electron chi connectivity index (χ2n) is 4.16. The topological polar surface area (TPSA) is 73.8 Å². The van der Waals surface area contributed by atoms with E-state index in [9.17, 15) is 10.1 Å². The third kappa shape index (κ3) is 2.15. The maximum absolute atomic E-state index is 10.8. The average molecular weight is 254 g/mol. The van der Waals surface area contributed by atoms with Gasteiger partial charge in [-0.15, -0.1) is 5.10 Å². The normalized spacial score (nSPS) is 10.7. The molecule has 3 aromatic rings. The molecule has 2 aromatic carbocycles. The van der Waals surface area contributed by atoms with Crippen LogP contribution >= 0.6 is 0 Å². The molecule has 0 amide bonds. The van der Waals surface area contributed by atoms with Gasteiger partial charge in [0.1, 0.15) is 5.52 Å². The fourth-order valence-corrected chi connectivity index (χ4v) is 1.94. The minimum Gasteiger partial charge on any atom is -0.258 e. The molecule has 94 valence electrons. The van der Waals surface area contributed by atoms with Crippen LogP contribution in [0.15, 0.2) is 48.5 Å². The van der Waals surface area contributed by atoms with Crippen LogP contribution in [0.3, 0.4) is 0 Å². The Labute approximate surface area is 108 Å². The molecule has 0 unspecified atom stereocenters. The van der Waals surface area contributed by atoms with E-state index in [1.54, 1.807) is 10.7 Å². The van der Waals surface area contributed by atoms with Crippen molar-refractivity contribution in [3.8, 4) is 0 Å². The van der Waals surface area contributed by atoms with Gasteiger partial charge in [0.2, 0.25) is 0 Å². The van der Waals surface area contributed by atoms with Crippen molar-refractivity contribution < 1.29 is 4.92 Å². The van der Waals surface area contributed by atoms with E-state index < -0.39 is 4.92 Å². The van der Waals surface area contributed by atoms with Crippen molar-refractivity contribution in [1.29, 1.82) is 0 Å². The minimum absolute atomic E-state index is 0.0455. The molecule has 6 heteroatoms. The van der Waals surface area contributed by atoms with Gasteiger partial charge in [0.15, 0.2) is 0 Å². The Balaban J connectivity index is 2.04. The number of benzene rings is 2. The van der Waals surface area contributed by atoms with Gasteiger partial charge in [0.25, 0.3) is 5.69 Å². The summed E-state index contributed by atoms with van der Waals surface area (Å²) in [7, 11) is 0. The number of nitrogens with zero attached hydrogens (tertiary/aromatic N) is 4. The maximum Gasteiger partial charge on any atom is 0.271 e. The van der Waals surface area contributed by atoms with Gasteiger partial charge in [-0.05, 0) is 11.6 Å². The quantitative estimate of drug-likeness (QED) is 0.531. The van der Waals surface area contributed by atoms with E-state index in [4.69, 9.17) is 0 Å². The van der Waals surface area contributed by atoms with E-state index in [-0.39, 0.29) is 5.69 Å². The molecule has 0 radical (unpaired) electrons. The Morgan fingerprint density at radius 1 is 1.16 bits per heavy atom. The summed E-state index contributed by atoms with van der Waals surface area (Å²) in [5.41, 5.74) is 2.43. The van der Waals surface area contributed by atoms with E-state index in [2.05, 4.69) is 10.3 Å². The predicted molar refractivity (Wildman–Crippen MR) is 69.7 cm³/mol. The number of rotatable bonds is 3. The molecule has 0 aliphatic heterocycles. The molecular formula is C13H10N4O2. The number of non-ortho nitro benzene ring substituents is 1. The molecule has 0 fully saturated rings. The number of nitro benzene ring substituents is 1. The summed E-state index contributed by atoms with van der Waals surface area (Å²) in [6.45, 7) is 0.540. The molecule has 0 bridgehead atoms. The molecule has 6 nitrogen and oxygen atoms in total. The number of nitro groups is 1. The van der Waals surface area contributed by atoms with Crippen LogP contribution in [0.25, 0.3) is 11.0 Å². The summed E-state index contributed by atoms with van der Waals surface area (Å²) < 4.78 is 1.66. The SMILES string of the molecule is O=[N+]([O-])c1ccc2nnn(Cc3ccccc3)c2c1. The summed E-state index contributed by atoms with van der Waals surface area (Å²) in [4.78, 5) is 10.4. The highest BCUT2D eigenvalue weighted by atomic mass is 16.6. The zero-order chi connectivity index (χ0) is 13.2. The first-order valence-electron chi connectivity index (χ1n) is 5.75. The second-order valence-corrected chi connectivity index (χ2v) is 4.16. The molecule has 1 heterocycles. The van der Waals surface area contributed by atoms with Gasteiger partial charge >= 0.3 is 0 Å². The average Bonchev–Trinajstić information content (AvgIpc) is 2.82. The minimum atomic E-state index is -0.417. The van der Waals surface area contributed by atoms with Crippen molar-refractivity contribution in [2.24, 2.45) is 0 Å². The van der Waals surface area contributed by atoms with Crippen molar-refractivity contribution >= 4 is 16.7 Å². The Bertz CT molecular complexity index is 737. The van der Waals surface area contributed by atoms with Crippen molar-refractivity contribution in [1.82, 2.24) is 15.0 Å². The summed E-state index contributed by atoms with van der Waals surface area (Å²) >= 11 is 0. The molecule has 0 saturated carbocycles. The highest BCUT2D eigenvalue weighted by Gasteiger charge is 2.11. The van der Waals surface area contributed by atoms with Gasteiger partial charge in [0.05, 0.1) is 17.0 Å². The number of hydrogen-bond donors (Lipinski definition) is 0. The van der Waals surface area contributed by atoms with Crippen molar-refractivity contribution in [3.63, 3.8) is 0 Å². The van der Waals surface area contributed by atoms with E-state index in [1.165, 1.54) is 12.1 Å². The molecule has 0 aliphatic rings. The van der Waals surface area contributed by atoms with Crippen molar-refractivity contribution in [2.75, 3.05) is 0 Å². The molecule has 1 aromatic heterocycles. The van der Waals surface area contributed by atoms with Gasteiger partial charge in [-0.25, -0.2) is 4.68 Å². The van der Waals surface area contributed by atoms with E-state index in [0.717, 1.165) is 5.56 Å². The summed E-state index contributed by atoms with van der Waals surface area (Å²) in [6.07, 6.45) is 0. The van der Waals surface area contributed by atoms with Crippen LogP contribution in [0.5, 0.6) is 0 Å². The third-order valence-corrected chi connectivity index (χ3v) is 2.88. The largest absolute Gasteiger partial charge is 0.271 e. The summed E-state index contributed by atoms with van der Waals surface area (Å²) in [6, 6.07) is 14.3. The molecule has 0 spiro atoms. The van der Waals surface area contributed by atoms with Crippen LogP contribution in [-0.4, -0.2) is 19.9 Å². The molecule has 0 N–H and O–H groups in total. The van der Waals surface area contributed by atoms with Gasteiger partial charge < -0.3 is 0 Å². The Kier molecular flexibility index (Phi) is 2.68. The number of fused-ring (bicyclic) bond motifs is 1. The van der Waals surface area contributed by atoms with E-state index >= 15 is 0 Å². The smallest absolute Gasteiger partial charge is 0.258 e. The number of hydrogen-bond acceptors (Lipinski definition) is 4. The monoisotopic (exact) mass is 254 g/mol. The standard InChI is InChI=1S/C13H10N4O2/c18-17(19)11-6-7-12-13(8-11)16(15-14-12)9-10-4-2-1-3-5-10/h1-8H,9H2. The Morgan fingerprint density at radius 3 is 2.68 bits per heavy atom. The zero-order valence-corrected chi connectivity index (χ0v) is 9.93. The lowest BCUT2D eigenvalue weighted by molar-refractivity contribution is -0.384. The predicted octanol–water partition coefficient (Wildman–Crippen LogP) is 2.39. The van der Waals surface area contributed by atoms with E-state index in [0.29, 0.717) is 17.6 Å². The van der Waals surface area contributed by atoms with Crippen LogP contribution in [-0.2, 0) is 6.54 Å². The Morgan fingerprint density at radius 2 is 1.95 bits per heavy atom. The highest BCUT2D eigenvalue weighted by Crippen LogP contribution is 2.19. The van der Waals surface area contributed by atoms with Gasteiger partial charge in [-0.2, -0.15) is 0 Å². The van der Waals surface area contributed by atoms with Crippen molar-refractivity contribution in [3.05, 3.63) is 64.2 Å². The fraction of sp³-hybridized carbons (Fsp3) is 0.0769. The lowest BCUT2D eigenvalue weighted by atomic mass is 10.2. The van der Waals surface area contributed by atoms with E-state index in [1.807, 2.05) is 30.3 Å². The maximum atomic E-state index is 10.8. The fourth-order valence-electron chi connectivity index (χ4n) is 1.94. The summed E-state index contributed by atoms with van der Waals surface area (Å²) in [5, 5.41) is 18.8. The molecule has 0 atom stereocenters. The van der Waals surface area contributed by atoms with Crippen LogP contribution in [0.1, 0.15) is 5.56 Å². The van der Waals surface area contributed by atoms with Crippen LogP contribution in [0.2, 0.25) is 0 Å². The van der Waals surface area contributed by atoms with Crippen LogP contribution < -0.4 is 0 Å². The first-order valence-corrected chi connectivity index (χ1v) is 5.75.